The van der Waals surface area contributed by atoms with Crippen molar-refractivity contribution >= 4 is 25.0 Å². The van der Waals surface area contributed by atoms with Gasteiger partial charge in [-0.05, 0) is 36.4 Å². The number of hydrogen-bond donors (Lipinski definition) is 1. The molecule has 0 fully saturated rings. The molecule has 5 heteroatoms. The monoisotopic (exact) mass is 337 g/mol. The van der Waals surface area contributed by atoms with Gasteiger partial charge >= 0.3 is 0 Å². The Morgan fingerprint density at radius 3 is 2.67 bits per heavy atom. The van der Waals surface area contributed by atoms with Gasteiger partial charge in [0.2, 0.25) is 0 Å². The molecular formula is C19H23N3OSi. The number of nitrogens with one attached hydrogen (secondary N) is 1. The van der Waals surface area contributed by atoms with E-state index in [1.54, 1.807) is 24.5 Å². The Bertz CT molecular complexity index is 850. The molecular weight excluding hydrogens is 314 g/mol. The fourth-order valence-electron chi connectivity index (χ4n) is 2.91. The summed E-state index contributed by atoms with van der Waals surface area (Å²) in [5, 5.41) is 4.27. The highest BCUT2D eigenvalue weighted by Crippen LogP contribution is 2.25. The van der Waals surface area contributed by atoms with Gasteiger partial charge in [-0.2, -0.15) is 0 Å². The zero-order valence-electron chi connectivity index (χ0n) is 14.4. The summed E-state index contributed by atoms with van der Waals surface area (Å²) in [7, 11) is -1.47. The van der Waals surface area contributed by atoms with Crippen LogP contribution in [0.2, 0.25) is 19.6 Å². The van der Waals surface area contributed by atoms with Gasteiger partial charge in [0, 0.05) is 29.8 Å². The number of carbonyl (C=O) groups excluding carboxylic acids is 1. The number of fused-ring (bicyclic) bond motifs is 1. The van der Waals surface area contributed by atoms with Gasteiger partial charge < -0.3 is 9.55 Å². The summed E-state index contributed by atoms with van der Waals surface area (Å²) in [6.07, 6.45) is 6.35. The summed E-state index contributed by atoms with van der Waals surface area (Å²) in [5.74, 6) is -0.0722. The van der Waals surface area contributed by atoms with Crippen molar-refractivity contribution in [3.8, 4) is 0 Å². The first-order valence-electron chi connectivity index (χ1n) is 8.24. The molecule has 4 nitrogen and oxygen atoms in total. The van der Waals surface area contributed by atoms with Crippen LogP contribution in [0.3, 0.4) is 0 Å². The number of aromatic nitrogens is 2. The van der Waals surface area contributed by atoms with Crippen molar-refractivity contribution in [1.82, 2.24) is 14.5 Å². The third-order valence-corrected chi connectivity index (χ3v) is 5.94. The maximum absolute atomic E-state index is 12.1. The fraction of sp³-hybridized carbons (Fsp3) is 0.263. The molecule has 0 aliphatic carbocycles. The predicted octanol–water partition coefficient (Wildman–Crippen LogP) is 3.69. The van der Waals surface area contributed by atoms with Crippen molar-refractivity contribution in [2.45, 2.75) is 26.1 Å². The molecule has 1 amide bonds. The molecule has 0 unspecified atom stereocenters. The van der Waals surface area contributed by atoms with E-state index in [0.29, 0.717) is 12.1 Å². The molecule has 124 valence electrons. The molecule has 3 rings (SSSR count). The molecule has 0 spiro atoms. The first-order chi connectivity index (χ1) is 11.5. The van der Waals surface area contributed by atoms with E-state index >= 15 is 0 Å². The average molecular weight is 337 g/mol. The van der Waals surface area contributed by atoms with Crippen molar-refractivity contribution in [2.24, 2.45) is 0 Å². The highest BCUT2D eigenvalue weighted by Gasteiger charge is 2.20. The minimum Gasteiger partial charge on any atom is -0.375 e. The number of rotatable bonds is 5. The SMILES string of the molecule is C[Si](C)(C)n1cc(CCNC(=O)c2cccnc2)c2ccccc21. The van der Waals surface area contributed by atoms with Crippen LogP contribution in [0.5, 0.6) is 0 Å². The minimum atomic E-state index is -1.47. The molecule has 0 aliphatic rings. The van der Waals surface area contributed by atoms with Crippen LogP contribution in [-0.4, -0.2) is 29.9 Å². The Kier molecular flexibility index (Phi) is 4.53. The molecule has 1 N–H and O–H groups in total. The zero-order valence-corrected chi connectivity index (χ0v) is 15.4. The van der Waals surface area contributed by atoms with E-state index in [9.17, 15) is 4.79 Å². The molecule has 0 saturated heterocycles. The molecule has 3 aromatic rings. The topological polar surface area (TPSA) is 46.9 Å². The van der Waals surface area contributed by atoms with Crippen LogP contribution >= 0.6 is 0 Å². The maximum Gasteiger partial charge on any atom is 0.252 e. The first-order valence-corrected chi connectivity index (χ1v) is 11.7. The number of nitrogens with zero attached hydrogens (tertiary/aromatic N) is 2. The Morgan fingerprint density at radius 1 is 1.17 bits per heavy atom. The predicted molar refractivity (Wildman–Crippen MR) is 101 cm³/mol. The van der Waals surface area contributed by atoms with Crippen molar-refractivity contribution in [2.75, 3.05) is 6.54 Å². The van der Waals surface area contributed by atoms with Crippen LogP contribution < -0.4 is 5.32 Å². The van der Waals surface area contributed by atoms with Gasteiger partial charge in [0.05, 0.1) is 5.56 Å². The lowest BCUT2D eigenvalue weighted by molar-refractivity contribution is 0.0954. The largest absolute Gasteiger partial charge is 0.375 e. The molecule has 0 bridgehead atoms. The van der Waals surface area contributed by atoms with Crippen LogP contribution in [0, 0.1) is 0 Å². The van der Waals surface area contributed by atoms with Crippen LogP contribution in [0.25, 0.3) is 10.9 Å². The number of carbonyl (C=O) groups is 1. The van der Waals surface area contributed by atoms with E-state index in [1.807, 2.05) is 0 Å². The number of hydrogen-bond acceptors (Lipinski definition) is 2. The molecule has 0 saturated carbocycles. The first kappa shape index (κ1) is 16.5. The summed E-state index contributed by atoms with van der Waals surface area (Å²) >= 11 is 0. The van der Waals surface area contributed by atoms with Crippen molar-refractivity contribution in [3.05, 3.63) is 66.1 Å². The van der Waals surface area contributed by atoms with Crippen molar-refractivity contribution < 1.29 is 4.79 Å². The normalized spacial score (nSPS) is 11.6. The Hall–Kier alpha value is -2.40. The third kappa shape index (κ3) is 3.41. The summed E-state index contributed by atoms with van der Waals surface area (Å²) in [6.45, 7) is 7.64. The Morgan fingerprint density at radius 2 is 1.96 bits per heavy atom. The lowest BCUT2D eigenvalue weighted by atomic mass is 10.1. The smallest absolute Gasteiger partial charge is 0.252 e. The van der Waals surface area contributed by atoms with Gasteiger partial charge in [-0.15, -0.1) is 0 Å². The summed E-state index contributed by atoms with van der Waals surface area (Å²) in [6, 6.07) is 12.1. The second-order valence-electron chi connectivity index (χ2n) is 6.96. The third-order valence-electron chi connectivity index (χ3n) is 4.12. The van der Waals surface area contributed by atoms with E-state index in [4.69, 9.17) is 0 Å². The Balaban J connectivity index is 1.75. The van der Waals surface area contributed by atoms with Gasteiger partial charge in [0.15, 0.2) is 8.24 Å². The molecule has 2 aromatic heterocycles. The minimum absolute atomic E-state index is 0.0722. The lowest BCUT2D eigenvalue weighted by Crippen LogP contribution is -2.31. The fourth-order valence-corrected chi connectivity index (χ4v) is 4.38. The molecule has 24 heavy (non-hydrogen) atoms. The quantitative estimate of drug-likeness (QED) is 0.722. The highest BCUT2D eigenvalue weighted by molar-refractivity contribution is 6.75. The summed E-state index contributed by atoms with van der Waals surface area (Å²) < 4.78 is 2.45. The van der Waals surface area contributed by atoms with Crippen LogP contribution in [-0.2, 0) is 6.42 Å². The molecule has 2 heterocycles. The number of para-hydroxylation sites is 1. The number of amides is 1. The maximum atomic E-state index is 12.1. The number of pyridine rings is 1. The summed E-state index contributed by atoms with van der Waals surface area (Å²) in [4.78, 5) is 16.1. The van der Waals surface area contributed by atoms with Crippen LogP contribution in [0.4, 0.5) is 0 Å². The molecule has 1 aromatic carbocycles. The van der Waals surface area contributed by atoms with Gasteiger partial charge in [-0.25, -0.2) is 0 Å². The second kappa shape index (κ2) is 6.61. The second-order valence-corrected chi connectivity index (χ2v) is 11.8. The van der Waals surface area contributed by atoms with Crippen molar-refractivity contribution in [1.29, 1.82) is 0 Å². The lowest BCUT2D eigenvalue weighted by Gasteiger charge is -2.19. The average Bonchev–Trinajstić information content (AvgIpc) is 2.95. The summed E-state index contributed by atoms with van der Waals surface area (Å²) in [5.41, 5.74) is 3.19. The van der Waals surface area contributed by atoms with Crippen molar-refractivity contribution in [3.63, 3.8) is 0 Å². The standard InChI is InChI=1S/C19H23N3OSi/c1-24(2,3)22-14-16(17-8-4-5-9-18(17)22)10-12-21-19(23)15-7-6-11-20-13-15/h4-9,11,13-14H,10,12H2,1-3H3,(H,21,23). The molecule has 0 radical (unpaired) electrons. The van der Waals surface area contributed by atoms with E-state index in [2.05, 4.69) is 64.6 Å². The molecule has 0 aliphatic heterocycles. The van der Waals surface area contributed by atoms with Gasteiger partial charge in [0.1, 0.15) is 0 Å². The van der Waals surface area contributed by atoms with Gasteiger partial charge in [0.25, 0.3) is 5.91 Å². The Labute approximate surface area is 143 Å². The van der Waals surface area contributed by atoms with E-state index in [1.165, 1.54) is 16.5 Å². The number of benzene rings is 1. The van der Waals surface area contributed by atoms with Crippen LogP contribution in [0.15, 0.2) is 55.0 Å². The van der Waals surface area contributed by atoms with E-state index in [-0.39, 0.29) is 5.91 Å². The van der Waals surface area contributed by atoms with Gasteiger partial charge in [-0.1, -0.05) is 37.8 Å². The van der Waals surface area contributed by atoms with Gasteiger partial charge in [-0.3, -0.25) is 9.78 Å². The zero-order chi connectivity index (χ0) is 17.2. The molecule has 0 atom stereocenters. The van der Waals surface area contributed by atoms with E-state index < -0.39 is 8.24 Å². The van der Waals surface area contributed by atoms with Crippen LogP contribution in [0.1, 0.15) is 15.9 Å². The van der Waals surface area contributed by atoms with E-state index in [0.717, 1.165) is 6.42 Å². The highest BCUT2D eigenvalue weighted by atomic mass is 28.3.